The van der Waals surface area contributed by atoms with Crippen molar-refractivity contribution >= 4 is 5.96 Å². The van der Waals surface area contributed by atoms with Gasteiger partial charge in [0.25, 0.3) is 0 Å². The summed E-state index contributed by atoms with van der Waals surface area (Å²) in [5.74, 6) is 0.902. The van der Waals surface area contributed by atoms with Gasteiger partial charge < -0.3 is 25.0 Å². The highest BCUT2D eigenvalue weighted by atomic mass is 16.5. The number of rotatable bonds is 14. The molecule has 22 heavy (non-hydrogen) atoms. The third-order valence-corrected chi connectivity index (χ3v) is 3.33. The van der Waals surface area contributed by atoms with Gasteiger partial charge in [-0.1, -0.05) is 13.8 Å². The number of hydrogen-bond acceptors (Lipinski definition) is 4. The van der Waals surface area contributed by atoms with Crippen molar-refractivity contribution in [3.05, 3.63) is 0 Å². The van der Waals surface area contributed by atoms with Gasteiger partial charge in [-0.2, -0.15) is 0 Å². The van der Waals surface area contributed by atoms with Crippen LogP contribution in [0, 0.1) is 0 Å². The van der Waals surface area contributed by atoms with Crippen molar-refractivity contribution in [1.29, 1.82) is 0 Å². The first kappa shape index (κ1) is 21.1. The zero-order valence-corrected chi connectivity index (χ0v) is 15.0. The Balaban J connectivity index is 3.76. The summed E-state index contributed by atoms with van der Waals surface area (Å²) in [4.78, 5) is 6.99. The minimum atomic E-state index is 0.653. The minimum Gasteiger partial charge on any atom is -0.382 e. The Hall–Kier alpha value is -0.850. The Kier molecular flexibility index (Phi) is 15.9. The van der Waals surface area contributed by atoms with Crippen LogP contribution in [0.3, 0.4) is 0 Å². The molecule has 132 valence electrons. The highest BCUT2D eigenvalue weighted by molar-refractivity contribution is 5.79. The molecule has 0 aromatic heterocycles. The fourth-order valence-electron chi connectivity index (χ4n) is 1.99. The molecule has 0 unspecified atom stereocenters. The van der Waals surface area contributed by atoms with Crippen LogP contribution in [0.1, 0.15) is 33.6 Å². The molecule has 0 aliphatic carbocycles. The van der Waals surface area contributed by atoms with Gasteiger partial charge in [-0.3, -0.25) is 4.99 Å². The third kappa shape index (κ3) is 12.9. The molecule has 0 saturated heterocycles. The summed E-state index contributed by atoms with van der Waals surface area (Å²) in [7, 11) is 1.68. The maximum atomic E-state index is 5.42. The maximum absolute atomic E-state index is 5.42. The third-order valence-electron chi connectivity index (χ3n) is 3.33. The Bertz CT molecular complexity index is 259. The van der Waals surface area contributed by atoms with Crippen LogP contribution in [-0.2, 0) is 9.47 Å². The molecule has 0 heterocycles. The molecule has 0 atom stereocenters. The number of ether oxygens (including phenoxy) is 2. The van der Waals surface area contributed by atoms with E-state index in [2.05, 4.69) is 41.3 Å². The lowest BCUT2D eigenvalue weighted by molar-refractivity contribution is 0.0702. The van der Waals surface area contributed by atoms with Crippen molar-refractivity contribution in [2.75, 3.05) is 66.2 Å². The predicted molar refractivity (Wildman–Crippen MR) is 93.7 cm³/mol. The maximum Gasteiger partial charge on any atom is 0.191 e. The number of hydrogen-bond donors (Lipinski definition) is 2. The number of nitrogens with zero attached hydrogens (tertiary/aromatic N) is 2. The van der Waals surface area contributed by atoms with Crippen LogP contribution in [0.15, 0.2) is 4.99 Å². The number of aliphatic imine (C=N–C) groups is 1. The lowest BCUT2D eigenvalue weighted by Gasteiger charge is -2.18. The molecular formula is C16H36N4O2. The first-order valence-electron chi connectivity index (χ1n) is 8.59. The van der Waals surface area contributed by atoms with Crippen molar-refractivity contribution in [3.63, 3.8) is 0 Å². The number of methoxy groups -OCH3 is 1. The zero-order valence-electron chi connectivity index (χ0n) is 15.0. The summed E-state index contributed by atoms with van der Waals surface area (Å²) >= 11 is 0. The molecular weight excluding hydrogens is 280 g/mol. The lowest BCUT2D eigenvalue weighted by atomic mass is 10.3. The molecule has 0 bridgehead atoms. The van der Waals surface area contributed by atoms with E-state index in [1.54, 1.807) is 7.11 Å². The van der Waals surface area contributed by atoms with Gasteiger partial charge in [-0.05, 0) is 39.4 Å². The van der Waals surface area contributed by atoms with Gasteiger partial charge >= 0.3 is 0 Å². The first-order valence-corrected chi connectivity index (χ1v) is 8.59. The van der Waals surface area contributed by atoms with Crippen LogP contribution in [-0.4, -0.2) is 77.1 Å². The van der Waals surface area contributed by atoms with Gasteiger partial charge in [0.1, 0.15) is 0 Å². The lowest BCUT2D eigenvalue weighted by Crippen LogP contribution is -2.39. The van der Waals surface area contributed by atoms with Crippen LogP contribution in [0.4, 0.5) is 0 Å². The van der Waals surface area contributed by atoms with E-state index in [9.17, 15) is 0 Å². The molecule has 0 amide bonds. The van der Waals surface area contributed by atoms with E-state index in [0.717, 1.165) is 64.7 Å². The van der Waals surface area contributed by atoms with Crippen molar-refractivity contribution in [2.24, 2.45) is 4.99 Å². The fourth-order valence-corrected chi connectivity index (χ4v) is 1.99. The number of nitrogens with one attached hydrogen (secondary N) is 2. The second-order valence-corrected chi connectivity index (χ2v) is 5.03. The second kappa shape index (κ2) is 16.5. The van der Waals surface area contributed by atoms with E-state index in [0.29, 0.717) is 13.2 Å². The molecule has 0 saturated carbocycles. The molecule has 6 nitrogen and oxygen atoms in total. The van der Waals surface area contributed by atoms with Gasteiger partial charge in [-0.15, -0.1) is 0 Å². The van der Waals surface area contributed by atoms with Crippen LogP contribution in [0.5, 0.6) is 0 Å². The Morgan fingerprint density at radius 3 is 2.41 bits per heavy atom. The summed E-state index contributed by atoms with van der Waals surface area (Å²) in [6.45, 7) is 14.5. The standard InChI is InChI=1S/C16H36N4O2/c1-5-17-16(18-10-8-12-20(6-2)7-3)19-11-9-13-22-15-14-21-4/h5-15H2,1-4H3,(H2,17,18,19). The van der Waals surface area contributed by atoms with E-state index in [4.69, 9.17) is 9.47 Å². The quantitative estimate of drug-likeness (QED) is 0.288. The van der Waals surface area contributed by atoms with E-state index in [1.807, 2.05) is 0 Å². The molecule has 0 aliphatic rings. The zero-order chi connectivity index (χ0) is 16.5. The Labute approximate surface area is 136 Å². The topological polar surface area (TPSA) is 58.1 Å². The van der Waals surface area contributed by atoms with Gasteiger partial charge in [0, 0.05) is 33.4 Å². The SMILES string of the molecule is CCNC(=NCCCOCCOC)NCCCN(CC)CC. The summed E-state index contributed by atoms with van der Waals surface area (Å²) in [5, 5.41) is 6.66. The van der Waals surface area contributed by atoms with Crippen LogP contribution >= 0.6 is 0 Å². The van der Waals surface area contributed by atoms with Crippen LogP contribution in [0.2, 0.25) is 0 Å². The summed E-state index contributed by atoms with van der Waals surface area (Å²) in [6, 6.07) is 0. The van der Waals surface area contributed by atoms with Gasteiger partial charge in [0.15, 0.2) is 5.96 Å². The highest BCUT2D eigenvalue weighted by Gasteiger charge is 2.00. The van der Waals surface area contributed by atoms with Gasteiger partial charge in [0.2, 0.25) is 0 Å². The van der Waals surface area contributed by atoms with Crippen molar-refractivity contribution < 1.29 is 9.47 Å². The van der Waals surface area contributed by atoms with Crippen molar-refractivity contribution in [2.45, 2.75) is 33.6 Å². The molecule has 6 heteroatoms. The van der Waals surface area contributed by atoms with Crippen molar-refractivity contribution in [3.8, 4) is 0 Å². The van der Waals surface area contributed by atoms with E-state index >= 15 is 0 Å². The van der Waals surface area contributed by atoms with E-state index in [-0.39, 0.29) is 0 Å². The van der Waals surface area contributed by atoms with Gasteiger partial charge in [0.05, 0.1) is 13.2 Å². The smallest absolute Gasteiger partial charge is 0.191 e. The summed E-state index contributed by atoms with van der Waals surface area (Å²) < 4.78 is 10.4. The molecule has 0 aromatic rings. The average Bonchev–Trinajstić information content (AvgIpc) is 2.54. The molecule has 0 radical (unpaired) electrons. The fraction of sp³-hybridized carbons (Fsp3) is 0.938. The minimum absolute atomic E-state index is 0.653. The normalized spacial score (nSPS) is 12.0. The second-order valence-electron chi connectivity index (χ2n) is 5.03. The van der Waals surface area contributed by atoms with Gasteiger partial charge in [-0.25, -0.2) is 0 Å². The first-order chi connectivity index (χ1) is 10.8. The molecule has 2 N–H and O–H groups in total. The predicted octanol–water partition coefficient (Wildman–Crippen LogP) is 1.33. The molecule has 0 rings (SSSR count). The summed E-state index contributed by atoms with van der Waals surface area (Å²) in [6.07, 6.45) is 2.06. The Morgan fingerprint density at radius 2 is 1.77 bits per heavy atom. The monoisotopic (exact) mass is 316 g/mol. The molecule has 0 spiro atoms. The molecule has 0 fully saturated rings. The molecule has 0 aromatic carbocycles. The summed E-state index contributed by atoms with van der Waals surface area (Å²) in [5.41, 5.74) is 0. The largest absolute Gasteiger partial charge is 0.382 e. The van der Waals surface area contributed by atoms with E-state index in [1.165, 1.54) is 0 Å². The number of guanidine groups is 1. The van der Waals surface area contributed by atoms with Crippen LogP contribution < -0.4 is 10.6 Å². The van der Waals surface area contributed by atoms with Crippen LogP contribution in [0.25, 0.3) is 0 Å². The van der Waals surface area contributed by atoms with E-state index < -0.39 is 0 Å². The Morgan fingerprint density at radius 1 is 1.00 bits per heavy atom. The van der Waals surface area contributed by atoms with Crippen molar-refractivity contribution in [1.82, 2.24) is 15.5 Å². The average molecular weight is 316 g/mol. The highest BCUT2D eigenvalue weighted by Crippen LogP contribution is 1.90. The molecule has 0 aliphatic heterocycles.